The Labute approximate surface area is 152 Å². The Morgan fingerprint density at radius 3 is 2.33 bits per heavy atom. The van der Waals surface area contributed by atoms with Crippen molar-refractivity contribution >= 4 is 23.0 Å². The van der Waals surface area contributed by atoms with Crippen LogP contribution in [0.4, 0.5) is 17.1 Å². The van der Waals surface area contributed by atoms with E-state index in [1.165, 1.54) is 14.2 Å². The van der Waals surface area contributed by atoms with Crippen molar-refractivity contribution in [2.45, 2.75) is 0 Å². The molecule has 2 aromatic carbocycles. The van der Waals surface area contributed by atoms with E-state index in [1.54, 1.807) is 18.2 Å². The third kappa shape index (κ3) is 4.81. The average Bonchev–Trinajstić information content (AvgIpc) is 2.66. The van der Waals surface area contributed by atoms with Crippen molar-refractivity contribution in [1.82, 2.24) is 0 Å². The van der Waals surface area contributed by atoms with Crippen LogP contribution in [0.25, 0.3) is 0 Å². The number of anilines is 1. The maximum Gasteiger partial charge on any atom is 0.317 e. The summed E-state index contributed by atoms with van der Waals surface area (Å²) in [6.07, 6.45) is 0. The molecule has 27 heavy (non-hydrogen) atoms. The third-order valence-electron chi connectivity index (χ3n) is 3.39. The minimum absolute atomic E-state index is 0.262. The van der Waals surface area contributed by atoms with Crippen LogP contribution in [0.15, 0.2) is 36.4 Å². The quantitative estimate of drug-likeness (QED) is 0.546. The number of carbonyl (C=O) groups excluding carboxylic acids is 1. The van der Waals surface area contributed by atoms with Crippen molar-refractivity contribution in [2.75, 3.05) is 26.1 Å². The molecule has 0 saturated heterocycles. The van der Waals surface area contributed by atoms with E-state index in [0.29, 0.717) is 17.2 Å². The van der Waals surface area contributed by atoms with E-state index in [1.807, 2.05) is 0 Å². The van der Waals surface area contributed by atoms with Gasteiger partial charge in [-0.15, -0.1) is 0 Å². The van der Waals surface area contributed by atoms with E-state index in [9.17, 15) is 25.0 Å². The number of non-ortho nitro benzene ring substituents is 1. The first-order valence-corrected chi connectivity index (χ1v) is 7.43. The second kappa shape index (κ2) is 8.47. The molecule has 1 N–H and O–H groups in total. The molecule has 2 aromatic rings. The highest BCUT2D eigenvalue weighted by molar-refractivity contribution is 5.93. The first kappa shape index (κ1) is 19.4. The van der Waals surface area contributed by atoms with Gasteiger partial charge < -0.3 is 19.5 Å². The standard InChI is InChI=1S/C16H15N3O8/c1-25-11-4-5-12(15(8-11)26-2)17-16(20)9-27-14-6-3-10(18(21)22)7-13(14)19(23)24/h3-8H,9H2,1-2H3,(H,17,20). The van der Waals surface area contributed by atoms with Crippen LogP contribution in [0.2, 0.25) is 0 Å². The van der Waals surface area contributed by atoms with Gasteiger partial charge >= 0.3 is 5.69 Å². The summed E-state index contributed by atoms with van der Waals surface area (Å²) in [4.78, 5) is 32.2. The summed E-state index contributed by atoms with van der Waals surface area (Å²) in [6.45, 7) is -0.548. The van der Waals surface area contributed by atoms with E-state index >= 15 is 0 Å². The van der Waals surface area contributed by atoms with Crippen LogP contribution in [0.1, 0.15) is 0 Å². The fraction of sp³-hybridized carbons (Fsp3) is 0.188. The van der Waals surface area contributed by atoms with E-state index in [4.69, 9.17) is 14.2 Å². The van der Waals surface area contributed by atoms with Crippen molar-refractivity contribution in [1.29, 1.82) is 0 Å². The molecule has 0 aliphatic carbocycles. The lowest BCUT2D eigenvalue weighted by molar-refractivity contribution is -0.394. The molecule has 1 amide bonds. The molecule has 11 heteroatoms. The molecular formula is C16H15N3O8. The minimum atomic E-state index is -0.827. The summed E-state index contributed by atoms with van der Waals surface area (Å²) >= 11 is 0. The maximum atomic E-state index is 12.1. The SMILES string of the molecule is COc1ccc(NC(=O)COc2ccc([N+](=O)[O-])cc2[N+](=O)[O-])c(OC)c1. The number of nitro benzene ring substituents is 2. The summed E-state index contributed by atoms with van der Waals surface area (Å²) in [5.74, 6) is 0.0141. The van der Waals surface area contributed by atoms with Gasteiger partial charge in [0.15, 0.2) is 12.4 Å². The Hall–Kier alpha value is -3.89. The summed E-state index contributed by atoms with van der Waals surface area (Å²) in [6, 6.07) is 7.62. The third-order valence-corrected chi connectivity index (χ3v) is 3.39. The van der Waals surface area contributed by atoms with E-state index in [-0.39, 0.29) is 5.75 Å². The molecule has 142 valence electrons. The van der Waals surface area contributed by atoms with Gasteiger partial charge in [0.05, 0.1) is 35.8 Å². The molecule has 2 rings (SSSR count). The lowest BCUT2D eigenvalue weighted by Gasteiger charge is -2.12. The Morgan fingerprint density at radius 2 is 1.74 bits per heavy atom. The largest absolute Gasteiger partial charge is 0.497 e. The summed E-state index contributed by atoms with van der Waals surface area (Å²) in [5.41, 5.74) is -0.717. The molecule has 0 saturated carbocycles. The molecule has 0 bridgehead atoms. The summed E-state index contributed by atoms with van der Waals surface area (Å²) in [5, 5.41) is 24.3. The van der Waals surface area contributed by atoms with E-state index < -0.39 is 33.7 Å². The van der Waals surface area contributed by atoms with Gasteiger partial charge in [-0.25, -0.2) is 0 Å². The molecule has 0 heterocycles. The van der Waals surface area contributed by atoms with Crippen molar-refractivity contribution in [3.63, 3.8) is 0 Å². The van der Waals surface area contributed by atoms with Crippen LogP contribution in [0.5, 0.6) is 17.2 Å². The maximum absolute atomic E-state index is 12.1. The number of nitro groups is 2. The highest BCUT2D eigenvalue weighted by Gasteiger charge is 2.21. The molecule has 0 spiro atoms. The molecule has 0 radical (unpaired) electrons. The van der Waals surface area contributed by atoms with Gasteiger partial charge in [0.1, 0.15) is 11.5 Å². The number of methoxy groups -OCH3 is 2. The summed E-state index contributed by atoms with van der Waals surface area (Å²) < 4.78 is 15.3. The van der Waals surface area contributed by atoms with Gasteiger partial charge in [0, 0.05) is 12.1 Å². The monoisotopic (exact) mass is 377 g/mol. The van der Waals surface area contributed by atoms with Crippen LogP contribution in [-0.4, -0.2) is 36.6 Å². The Morgan fingerprint density at radius 1 is 1.00 bits per heavy atom. The number of hydrogen-bond acceptors (Lipinski definition) is 8. The molecule has 0 aliphatic heterocycles. The number of nitrogens with zero attached hydrogens (tertiary/aromatic N) is 2. The zero-order chi connectivity index (χ0) is 20.0. The van der Waals surface area contributed by atoms with Crippen LogP contribution in [0.3, 0.4) is 0 Å². The Balaban J connectivity index is 2.10. The zero-order valence-corrected chi connectivity index (χ0v) is 14.3. The van der Waals surface area contributed by atoms with Gasteiger partial charge in [-0.05, 0) is 18.2 Å². The summed E-state index contributed by atoms with van der Waals surface area (Å²) in [7, 11) is 2.90. The van der Waals surface area contributed by atoms with Gasteiger partial charge in [-0.1, -0.05) is 0 Å². The van der Waals surface area contributed by atoms with Crippen LogP contribution < -0.4 is 19.5 Å². The average molecular weight is 377 g/mol. The number of benzene rings is 2. The van der Waals surface area contributed by atoms with Crippen LogP contribution in [-0.2, 0) is 4.79 Å². The first-order valence-electron chi connectivity index (χ1n) is 7.43. The van der Waals surface area contributed by atoms with Crippen molar-refractivity contribution in [3.8, 4) is 17.2 Å². The van der Waals surface area contributed by atoms with Crippen molar-refractivity contribution in [2.24, 2.45) is 0 Å². The molecule has 0 fully saturated rings. The second-order valence-corrected chi connectivity index (χ2v) is 5.07. The van der Waals surface area contributed by atoms with Gasteiger partial charge in [0.2, 0.25) is 0 Å². The minimum Gasteiger partial charge on any atom is -0.497 e. The van der Waals surface area contributed by atoms with Gasteiger partial charge in [-0.3, -0.25) is 25.0 Å². The highest BCUT2D eigenvalue weighted by Crippen LogP contribution is 2.31. The lowest BCUT2D eigenvalue weighted by atomic mass is 10.2. The van der Waals surface area contributed by atoms with Crippen molar-refractivity contribution < 1.29 is 28.9 Å². The number of nitrogens with one attached hydrogen (secondary N) is 1. The molecule has 0 atom stereocenters. The lowest BCUT2D eigenvalue weighted by Crippen LogP contribution is -2.20. The molecule has 0 aromatic heterocycles. The second-order valence-electron chi connectivity index (χ2n) is 5.07. The van der Waals surface area contributed by atoms with E-state index in [0.717, 1.165) is 18.2 Å². The molecular weight excluding hydrogens is 362 g/mol. The van der Waals surface area contributed by atoms with Crippen LogP contribution >= 0.6 is 0 Å². The number of ether oxygens (including phenoxy) is 3. The smallest absolute Gasteiger partial charge is 0.317 e. The number of carbonyl (C=O) groups is 1. The van der Waals surface area contributed by atoms with Gasteiger partial charge in [-0.2, -0.15) is 0 Å². The zero-order valence-electron chi connectivity index (χ0n) is 14.3. The number of amides is 1. The van der Waals surface area contributed by atoms with E-state index in [2.05, 4.69) is 5.32 Å². The fourth-order valence-electron chi connectivity index (χ4n) is 2.12. The molecule has 0 unspecified atom stereocenters. The van der Waals surface area contributed by atoms with Gasteiger partial charge in [0.25, 0.3) is 11.6 Å². The number of hydrogen-bond donors (Lipinski definition) is 1. The predicted octanol–water partition coefficient (Wildman–Crippen LogP) is 2.54. The highest BCUT2D eigenvalue weighted by atomic mass is 16.6. The normalized spacial score (nSPS) is 10.0. The van der Waals surface area contributed by atoms with Crippen molar-refractivity contribution in [3.05, 3.63) is 56.6 Å². The Bertz CT molecular complexity index is 884. The Kier molecular flexibility index (Phi) is 6.10. The fourth-order valence-corrected chi connectivity index (χ4v) is 2.12. The molecule has 0 aliphatic rings. The topological polar surface area (TPSA) is 143 Å². The number of rotatable bonds is 8. The first-order chi connectivity index (χ1) is 12.8. The predicted molar refractivity (Wildman–Crippen MR) is 93.4 cm³/mol. The van der Waals surface area contributed by atoms with Crippen LogP contribution in [0, 0.1) is 20.2 Å². The molecule has 11 nitrogen and oxygen atoms in total.